The monoisotopic (exact) mass is 201 g/mol. The Morgan fingerprint density at radius 3 is 1.83 bits per heavy atom. The van der Waals surface area contributed by atoms with Gasteiger partial charge in [-0.05, 0) is 0 Å². The quantitative estimate of drug-likeness (QED) is 0.601. The highest BCUT2D eigenvalue weighted by Gasteiger charge is 2.38. The normalized spacial score (nSPS) is 25.6. The average Bonchev–Trinajstić information content (AvgIpc) is 1.83. The zero-order valence-electron chi connectivity index (χ0n) is 6.34. The molecule has 0 aromatic heterocycles. The lowest BCUT2D eigenvalue weighted by molar-refractivity contribution is 0.417. The van der Waals surface area contributed by atoms with Gasteiger partial charge in [0.25, 0.3) is 0 Å². The lowest BCUT2D eigenvalue weighted by Gasteiger charge is -2.29. The van der Waals surface area contributed by atoms with E-state index in [0.29, 0.717) is 0 Å². The molecule has 72 valence electrons. The van der Waals surface area contributed by atoms with Gasteiger partial charge in [0.05, 0.1) is 0 Å². The van der Waals surface area contributed by atoms with Crippen LogP contribution in [0, 0.1) is 0 Å². The third-order valence-corrected chi connectivity index (χ3v) is 3.85. The van der Waals surface area contributed by atoms with Crippen LogP contribution in [0.25, 0.3) is 0 Å². The van der Waals surface area contributed by atoms with Gasteiger partial charge in [0, 0.05) is 11.5 Å². The van der Waals surface area contributed by atoms with E-state index in [4.69, 9.17) is 0 Å². The highest BCUT2D eigenvalue weighted by Crippen LogP contribution is 2.36. The maximum absolute atomic E-state index is 12.1. The van der Waals surface area contributed by atoms with Gasteiger partial charge >= 0.3 is 6.98 Å². The van der Waals surface area contributed by atoms with Gasteiger partial charge in [0.15, 0.2) is 0 Å². The fourth-order valence-corrected chi connectivity index (χ4v) is 2.81. The van der Waals surface area contributed by atoms with Crippen molar-refractivity contribution in [3.63, 3.8) is 0 Å². The maximum atomic E-state index is 12.1. The molecule has 1 heterocycles. The minimum atomic E-state index is -4.84. The number of rotatable bonds is 1. The first-order valence-corrected chi connectivity index (χ1v) is 5.54. The molecule has 0 aromatic rings. The zero-order valence-corrected chi connectivity index (χ0v) is 7.16. The lowest BCUT2D eigenvalue weighted by atomic mass is 9.69. The topological polar surface area (TPSA) is 34.1 Å². The first-order valence-electron chi connectivity index (χ1n) is 3.72. The number of hydrogen-bond acceptors (Lipinski definition) is 2. The fraction of sp³-hybridized carbons (Fsp3) is 1.00. The summed E-state index contributed by atoms with van der Waals surface area (Å²) in [6, 6.07) is 0. The summed E-state index contributed by atoms with van der Waals surface area (Å²) < 4.78 is 57.7. The minimum Gasteiger partial charge on any atom is -0.449 e. The third-order valence-electron chi connectivity index (χ3n) is 2.13. The van der Waals surface area contributed by atoms with Gasteiger partial charge in [-0.1, -0.05) is 18.7 Å². The van der Waals surface area contributed by atoms with E-state index in [9.17, 15) is 21.4 Å². The Balaban J connectivity index is 2.58. The largest absolute Gasteiger partial charge is 0.481 e. The van der Waals surface area contributed by atoms with E-state index in [1.807, 2.05) is 0 Å². The Morgan fingerprint density at radius 1 is 1.08 bits per heavy atom. The van der Waals surface area contributed by atoms with Crippen LogP contribution >= 0.6 is 0 Å². The Kier molecular flexibility index (Phi) is 2.42. The molecule has 0 atom stereocenters. The standard InChI is InChI=1S/C5H9BF3O2S/c7-6(8,9)5-1-3-12(10,11)4-2-5/h5H,1-4H2/q-1. The lowest BCUT2D eigenvalue weighted by Crippen LogP contribution is -2.32. The molecule has 1 fully saturated rings. The highest BCUT2D eigenvalue weighted by molar-refractivity contribution is 7.91. The van der Waals surface area contributed by atoms with Crippen LogP contribution in [0.1, 0.15) is 12.8 Å². The van der Waals surface area contributed by atoms with Crippen molar-refractivity contribution in [1.29, 1.82) is 0 Å². The van der Waals surface area contributed by atoms with Crippen LogP contribution in [-0.4, -0.2) is 26.9 Å². The van der Waals surface area contributed by atoms with Gasteiger partial charge < -0.3 is 12.9 Å². The molecule has 1 aliphatic heterocycles. The molecule has 1 rings (SSSR count). The predicted molar refractivity (Wildman–Crippen MR) is 40.7 cm³/mol. The minimum absolute atomic E-state index is 0.244. The number of sulfone groups is 1. The number of hydrogen-bond donors (Lipinski definition) is 0. The molecule has 2 nitrogen and oxygen atoms in total. The summed E-state index contributed by atoms with van der Waals surface area (Å²) >= 11 is 0. The molecule has 7 heteroatoms. The second kappa shape index (κ2) is 2.94. The van der Waals surface area contributed by atoms with Crippen molar-refractivity contribution in [3.05, 3.63) is 0 Å². The van der Waals surface area contributed by atoms with E-state index < -0.39 is 22.6 Å². The Hall–Kier alpha value is -0.195. The van der Waals surface area contributed by atoms with Crippen molar-refractivity contribution < 1.29 is 21.4 Å². The van der Waals surface area contributed by atoms with Crippen LogP contribution in [0.3, 0.4) is 0 Å². The first kappa shape index (κ1) is 9.89. The molecule has 1 saturated heterocycles. The zero-order chi connectivity index (χ0) is 9.41. The van der Waals surface area contributed by atoms with Gasteiger partial charge in [-0.3, -0.25) is 0 Å². The van der Waals surface area contributed by atoms with Gasteiger partial charge in [0.2, 0.25) is 0 Å². The Bertz CT molecular complexity index is 244. The molecule has 0 saturated carbocycles. The molecule has 0 amide bonds. The molecular weight excluding hydrogens is 192 g/mol. The second-order valence-corrected chi connectivity index (χ2v) is 5.42. The van der Waals surface area contributed by atoms with E-state index in [0.717, 1.165) is 0 Å². The fourth-order valence-electron chi connectivity index (χ4n) is 1.29. The molecule has 0 radical (unpaired) electrons. The number of halogens is 3. The smallest absolute Gasteiger partial charge is 0.449 e. The van der Waals surface area contributed by atoms with Gasteiger partial charge in [0.1, 0.15) is 9.84 Å². The SMILES string of the molecule is O=S1(=O)CCC([B-](F)(F)F)CC1. The van der Waals surface area contributed by atoms with Crippen LogP contribution in [0.2, 0.25) is 5.82 Å². The second-order valence-electron chi connectivity index (χ2n) is 3.11. The summed E-state index contributed by atoms with van der Waals surface area (Å²) in [6.45, 7) is -4.84. The summed E-state index contributed by atoms with van der Waals surface area (Å²) in [4.78, 5) is 0. The van der Waals surface area contributed by atoms with E-state index in [-0.39, 0.29) is 24.3 Å². The Labute approximate surface area is 69.1 Å². The van der Waals surface area contributed by atoms with E-state index in [1.165, 1.54) is 0 Å². The van der Waals surface area contributed by atoms with Crippen LogP contribution < -0.4 is 0 Å². The third kappa shape index (κ3) is 2.40. The molecule has 0 unspecified atom stereocenters. The van der Waals surface area contributed by atoms with Crippen LogP contribution in [0.4, 0.5) is 12.9 Å². The summed E-state index contributed by atoms with van der Waals surface area (Å²) in [6.07, 6.45) is -0.488. The maximum Gasteiger partial charge on any atom is 0.481 e. The van der Waals surface area contributed by atoms with E-state index >= 15 is 0 Å². The summed E-state index contributed by atoms with van der Waals surface area (Å²) in [5.41, 5.74) is 0. The summed E-state index contributed by atoms with van der Waals surface area (Å²) in [5, 5.41) is 0. The molecule has 0 aliphatic carbocycles. The highest BCUT2D eigenvalue weighted by atomic mass is 32.2. The predicted octanol–water partition coefficient (Wildman–Crippen LogP) is 1.41. The molecular formula is C5H9BF3O2S-. The van der Waals surface area contributed by atoms with Crippen LogP contribution in [0.15, 0.2) is 0 Å². The van der Waals surface area contributed by atoms with Crippen molar-refractivity contribution in [2.75, 3.05) is 11.5 Å². The molecule has 12 heavy (non-hydrogen) atoms. The Morgan fingerprint density at radius 2 is 1.50 bits per heavy atom. The van der Waals surface area contributed by atoms with Crippen molar-refractivity contribution in [2.45, 2.75) is 18.7 Å². The van der Waals surface area contributed by atoms with Gasteiger partial charge in [-0.25, -0.2) is 8.42 Å². The molecule has 0 aromatic carbocycles. The van der Waals surface area contributed by atoms with Crippen molar-refractivity contribution in [3.8, 4) is 0 Å². The molecule has 0 spiro atoms. The average molecular weight is 201 g/mol. The van der Waals surface area contributed by atoms with Crippen LogP contribution in [0.5, 0.6) is 0 Å². The van der Waals surface area contributed by atoms with Crippen LogP contribution in [-0.2, 0) is 9.84 Å². The first-order chi connectivity index (χ1) is 5.31. The van der Waals surface area contributed by atoms with Gasteiger partial charge in [-0.2, -0.15) is 0 Å². The summed E-state index contributed by atoms with van der Waals surface area (Å²) in [5.74, 6) is -1.97. The van der Waals surface area contributed by atoms with Crippen molar-refractivity contribution in [2.24, 2.45) is 0 Å². The van der Waals surface area contributed by atoms with Crippen molar-refractivity contribution in [1.82, 2.24) is 0 Å². The van der Waals surface area contributed by atoms with Crippen molar-refractivity contribution >= 4 is 16.8 Å². The molecule has 1 aliphatic rings. The van der Waals surface area contributed by atoms with Gasteiger partial charge in [-0.15, -0.1) is 0 Å². The van der Waals surface area contributed by atoms with E-state index in [2.05, 4.69) is 0 Å². The summed E-state index contributed by atoms with van der Waals surface area (Å²) in [7, 11) is -3.17. The molecule has 0 bridgehead atoms. The molecule has 0 N–H and O–H groups in total. The van der Waals surface area contributed by atoms with E-state index in [1.54, 1.807) is 0 Å².